The summed E-state index contributed by atoms with van der Waals surface area (Å²) < 4.78 is 5.73. The van der Waals surface area contributed by atoms with Crippen molar-refractivity contribution in [3.8, 4) is 5.75 Å². The second-order valence-corrected chi connectivity index (χ2v) is 8.72. The molecule has 0 aliphatic heterocycles. The summed E-state index contributed by atoms with van der Waals surface area (Å²) in [7, 11) is 0. The maximum atomic E-state index is 13.1. The van der Waals surface area contributed by atoms with Crippen LogP contribution in [-0.4, -0.2) is 30.1 Å². The van der Waals surface area contributed by atoms with Crippen molar-refractivity contribution in [3.05, 3.63) is 90.0 Å². The van der Waals surface area contributed by atoms with Crippen LogP contribution >= 0.6 is 12.2 Å². The summed E-state index contributed by atoms with van der Waals surface area (Å²) in [6.45, 7) is 5.32. The van der Waals surface area contributed by atoms with E-state index in [0.29, 0.717) is 30.0 Å². The maximum absolute atomic E-state index is 13.1. The first-order valence-corrected chi connectivity index (χ1v) is 12.7. The monoisotopic (exact) mass is 503 g/mol. The van der Waals surface area contributed by atoms with Crippen molar-refractivity contribution in [2.24, 2.45) is 0 Å². The number of amides is 2. The van der Waals surface area contributed by atoms with Gasteiger partial charge in [-0.1, -0.05) is 50.5 Å². The fourth-order valence-electron chi connectivity index (χ4n) is 3.70. The summed E-state index contributed by atoms with van der Waals surface area (Å²) in [5.74, 6) is 0.298. The molecule has 0 radical (unpaired) electrons. The molecule has 0 heterocycles. The van der Waals surface area contributed by atoms with E-state index in [4.69, 9.17) is 17.0 Å². The van der Waals surface area contributed by atoms with Crippen molar-refractivity contribution in [2.75, 3.05) is 23.4 Å². The molecule has 0 saturated carbocycles. The number of nitrogens with one attached hydrogen (secondary N) is 2. The molecule has 36 heavy (non-hydrogen) atoms. The first kappa shape index (κ1) is 26.9. The van der Waals surface area contributed by atoms with E-state index in [0.717, 1.165) is 24.3 Å². The molecule has 2 N–H and O–H groups in total. The minimum absolute atomic E-state index is 0.116. The number of thiocarbonyl (C=S) groups is 1. The Balaban J connectivity index is 1.55. The first-order chi connectivity index (χ1) is 17.5. The third-order valence-electron chi connectivity index (χ3n) is 5.61. The van der Waals surface area contributed by atoms with Gasteiger partial charge in [-0.05, 0) is 80.2 Å². The van der Waals surface area contributed by atoms with Crippen LogP contribution in [-0.2, 0) is 0 Å². The van der Waals surface area contributed by atoms with Gasteiger partial charge in [0.2, 0.25) is 0 Å². The van der Waals surface area contributed by atoms with E-state index in [2.05, 4.69) is 17.6 Å². The van der Waals surface area contributed by atoms with Crippen LogP contribution in [0.3, 0.4) is 0 Å². The third-order valence-corrected chi connectivity index (χ3v) is 5.81. The standard InChI is InChI=1S/C29H33N3O3S/c1-3-5-6-10-20-35-26-18-16-22(17-19-26)27(33)31-29(36)30-24-13-11-12-23(21-24)28(34)32(4-2)25-14-8-7-9-15-25/h7-9,11-19,21H,3-6,10,20H2,1-2H3,(H2,30,31,33,36). The summed E-state index contributed by atoms with van der Waals surface area (Å²) >= 11 is 5.33. The molecule has 0 bridgehead atoms. The van der Waals surface area contributed by atoms with Crippen LogP contribution < -0.4 is 20.3 Å². The number of carbonyl (C=O) groups excluding carboxylic acids is 2. The second-order valence-electron chi connectivity index (χ2n) is 8.31. The molecule has 0 aromatic heterocycles. The van der Waals surface area contributed by atoms with Crippen LogP contribution in [0.15, 0.2) is 78.9 Å². The lowest BCUT2D eigenvalue weighted by molar-refractivity contribution is 0.0973. The molecule has 3 aromatic carbocycles. The largest absolute Gasteiger partial charge is 0.494 e. The highest BCUT2D eigenvalue weighted by Gasteiger charge is 2.16. The van der Waals surface area contributed by atoms with Gasteiger partial charge in [-0.2, -0.15) is 0 Å². The number of nitrogens with zero attached hydrogens (tertiary/aromatic N) is 1. The van der Waals surface area contributed by atoms with E-state index in [-0.39, 0.29) is 16.9 Å². The summed E-state index contributed by atoms with van der Waals surface area (Å²) in [6, 6.07) is 23.6. The molecule has 0 aliphatic carbocycles. The second kappa shape index (κ2) is 14.0. The minimum Gasteiger partial charge on any atom is -0.494 e. The van der Waals surface area contributed by atoms with Crippen molar-refractivity contribution < 1.29 is 14.3 Å². The van der Waals surface area contributed by atoms with Gasteiger partial charge in [0.15, 0.2) is 5.11 Å². The number of hydrogen-bond acceptors (Lipinski definition) is 4. The Bertz CT molecular complexity index is 1150. The molecule has 0 atom stereocenters. The van der Waals surface area contributed by atoms with E-state index >= 15 is 0 Å². The molecule has 188 valence electrons. The SMILES string of the molecule is CCCCCCOc1ccc(C(=O)NC(=S)Nc2cccc(C(=O)N(CC)c3ccccc3)c2)cc1. The number of carbonyl (C=O) groups is 2. The first-order valence-electron chi connectivity index (χ1n) is 12.3. The van der Waals surface area contributed by atoms with Crippen molar-refractivity contribution in [3.63, 3.8) is 0 Å². The Labute approximate surface area is 218 Å². The summed E-state index contributed by atoms with van der Waals surface area (Å²) in [5.41, 5.74) is 2.44. The zero-order valence-corrected chi connectivity index (χ0v) is 21.6. The van der Waals surface area contributed by atoms with Gasteiger partial charge >= 0.3 is 0 Å². The van der Waals surface area contributed by atoms with Gasteiger partial charge in [-0.25, -0.2) is 0 Å². The molecule has 0 saturated heterocycles. The van der Waals surface area contributed by atoms with Gasteiger partial charge < -0.3 is 15.0 Å². The van der Waals surface area contributed by atoms with Crippen molar-refractivity contribution >= 4 is 40.5 Å². The summed E-state index contributed by atoms with van der Waals surface area (Å²) in [6.07, 6.45) is 4.58. The van der Waals surface area contributed by atoms with E-state index in [1.165, 1.54) is 12.8 Å². The Hall–Kier alpha value is -3.71. The minimum atomic E-state index is -0.324. The number of rotatable bonds is 11. The zero-order valence-electron chi connectivity index (χ0n) is 20.8. The maximum Gasteiger partial charge on any atom is 0.258 e. The highest BCUT2D eigenvalue weighted by molar-refractivity contribution is 7.80. The lowest BCUT2D eigenvalue weighted by atomic mass is 10.1. The number of hydrogen-bond donors (Lipinski definition) is 2. The van der Waals surface area contributed by atoms with Crippen molar-refractivity contribution in [2.45, 2.75) is 39.5 Å². The normalized spacial score (nSPS) is 10.4. The van der Waals surface area contributed by atoms with Crippen molar-refractivity contribution in [1.29, 1.82) is 0 Å². The fourth-order valence-corrected chi connectivity index (χ4v) is 3.91. The average molecular weight is 504 g/mol. The summed E-state index contributed by atoms with van der Waals surface area (Å²) in [4.78, 5) is 27.4. The molecule has 7 heteroatoms. The third kappa shape index (κ3) is 7.92. The fraction of sp³-hybridized carbons (Fsp3) is 0.276. The Morgan fingerprint density at radius 3 is 2.31 bits per heavy atom. The molecule has 0 fully saturated rings. The van der Waals surface area contributed by atoms with E-state index in [9.17, 15) is 9.59 Å². The van der Waals surface area contributed by atoms with Crippen LogP contribution in [0.1, 0.15) is 60.2 Å². The number of unbranched alkanes of at least 4 members (excludes halogenated alkanes) is 3. The van der Waals surface area contributed by atoms with Crippen LogP contribution in [0.25, 0.3) is 0 Å². The molecule has 0 spiro atoms. The predicted molar refractivity (Wildman–Crippen MR) is 150 cm³/mol. The number of anilines is 2. The van der Waals surface area contributed by atoms with Gasteiger partial charge in [-0.15, -0.1) is 0 Å². The predicted octanol–water partition coefficient (Wildman–Crippen LogP) is 6.44. The highest BCUT2D eigenvalue weighted by atomic mass is 32.1. The molecular weight excluding hydrogens is 470 g/mol. The van der Waals surface area contributed by atoms with Crippen LogP contribution in [0.2, 0.25) is 0 Å². The van der Waals surface area contributed by atoms with Crippen LogP contribution in [0.5, 0.6) is 5.75 Å². The van der Waals surface area contributed by atoms with Gasteiger partial charge in [0.05, 0.1) is 6.61 Å². The summed E-state index contributed by atoms with van der Waals surface area (Å²) in [5, 5.41) is 5.83. The van der Waals surface area contributed by atoms with Gasteiger partial charge in [0.1, 0.15) is 5.75 Å². The molecular formula is C29H33N3O3S. The van der Waals surface area contributed by atoms with Gasteiger partial charge in [0.25, 0.3) is 11.8 Å². The Morgan fingerprint density at radius 2 is 1.61 bits per heavy atom. The van der Waals surface area contributed by atoms with Crippen LogP contribution in [0, 0.1) is 0 Å². The molecule has 6 nitrogen and oxygen atoms in total. The lowest BCUT2D eigenvalue weighted by Crippen LogP contribution is -2.34. The Morgan fingerprint density at radius 1 is 0.861 bits per heavy atom. The van der Waals surface area contributed by atoms with Crippen molar-refractivity contribution in [1.82, 2.24) is 5.32 Å². The number of ether oxygens (including phenoxy) is 1. The zero-order chi connectivity index (χ0) is 25.8. The number of para-hydroxylation sites is 1. The lowest BCUT2D eigenvalue weighted by Gasteiger charge is -2.21. The molecule has 2 amide bonds. The topological polar surface area (TPSA) is 70.7 Å². The molecule has 0 aliphatic rings. The molecule has 3 rings (SSSR count). The Kier molecular flexibility index (Phi) is 10.5. The van der Waals surface area contributed by atoms with E-state index in [1.54, 1.807) is 53.4 Å². The van der Waals surface area contributed by atoms with Gasteiger partial charge in [0, 0.05) is 29.0 Å². The van der Waals surface area contributed by atoms with E-state index < -0.39 is 0 Å². The highest BCUT2D eigenvalue weighted by Crippen LogP contribution is 2.19. The van der Waals surface area contributed by atoms with Crippen LogP contribution in [0.4, 0.5) is 11.4 Å². The molecule has 0 unspecified atom stereocenters. The molecule has 3 aromatic rings. The average Bonchev–Trinajstić information content (AvgIpc) is 2.90. The smallest absolute Gasteiger partial charge is 0.258 e. The van der Waals surface area contributed by atoms with E-state index in [1.807, 2.05) is 37.3 Å². The quantitative estimate of drug-likeness (QED) is 0.233. The van der Waals surface area contributed by atoms with Gasteiger partial charge in [-0.3, -0.25) is 14.9 Å². The number of benzene rings is 3.